The lowest BCUT2D eigenvalue weighted by Gasteiger charge is -2.39. The second kappa shape index (κ2) is 8.28. The van der Waals surface area contributed by atoms with Gasteiger partial charge >= 0.3 is 0 Å². The van der Waals surface area contributed by atoms with Gasteiger partial charge in [-0.1, -0.05) is 12.1 Å². The summed E-state index contributed by atoms with van der Waals surface area (Å²) in [5.74, 6) is -0.517. The Kier molecular flexibility index (Phi) is 5.83. The maximum absolute atomic E-state index is 12.8. The summed E-state index contributed by atoms with van der Waals surface area (Å²) in [6, 6.07) is 10.8. The van der Waals surface area contributed by atoms with Crippen LogP contribution < -0.4 is 5.73 Å². The number of nitrogens with zero attached hydrogens (tertiary/aromatic N) is 3. The number of likely N-dealkylation sites (N-methyl/N-ethyl adjacent to an activating group) is 1. The Bertz CT molecular complexity index is 805. The number of aliphatic hydroxyl groups excluding tert-OH is 1. The zero-order valence-corrected chi connectivity index (χ0v) is 15.3. The van der Waals surface area contributed by atoms with Crippen molar-refractivity contribution in [3.63, 3.8) is 0 Å². The van der Waals surface area contributed by atoms with E-state index in [1.807, 2.05) is 24.1 Å². The van der Waals surface area contributed by atoms with Crippen molar-refractivity contribution in [3.05, 3.63) is 53.7 Å². The molecule has 1 aromatic heterocycles. The van der Waals surface area contributed by atoms with Crippen molar-refractivity contribution in [2.75, 3.05) is 33.3 Å². The maximum atomic E-state index is 12.8. The van der Waals surface area contributed by atoms with Gasteiger partial charge in [0.1, 0.15) is 0 Å². The van der Waals surface area contributed by atoms with E-state index in [0.29, 0.717) is 36.3 Å². The van der Waals surface area contributed by atoms with E-state index in [0.717, 1.165) is 12.1 Å². The van der Waals surface area contributed by atoms with Gasteiger partial charge < -0.3 is 15.7 Å². The normalized spacial score (nSPS) is 17.7. The summed E-state index contributed by atoms with van der Waals surface area (Å²) in [5, 5.41) is 9.20. The van der Waals surface area contributed by atoms with Crippen LogP contribution in [-0.4, -0.2) is 71.0 Å². The van der Waals surface area contributed by atoms with Crippen LogP contribution in [0.2, 0.25) is 0 Å². The van der Waals surface area contributed by atoms with Crippen LogP contribution >= 0.6 is 0 Å². The minimum atomic E-state index is -0.512. The Morgan fingerprint density at radius 3 is 2.44 bits per heavy atom. The number of piperazine rings is 1. The first-order valence-corrected chi connectivity index (χ1v) is 8.96. The van der Waals surface area contributed by atoms with Crippen molar-refractivity contribution in [1.29, 1.82) is 0 Å². The molecule has 0 radical (unpaired) electrons. The predicted molar refractivity (Wildman–Crippen MR) is 102 cm³/mol. The highest BCUT2D eigenvalue weighted by Crippen LogP contribution is 2.20. The van der Waals surface area contributed by atoms with Crippen LogP contribution in [0.5, 0.6) is 0 Å². The van der Waals surface area contributed by atoms with Crippen LogP contribution in [0.1, 0.15) is 27.1 Å². The number of amides is 2. The second-order valence-corrected chi connectivity index (χ2v) is 6.77. The van der Waals surface area contributed by atoms with Gasteiger partial charge in [0, 0.05) is 49.6 Å². The molecule has 1 atom stereocenters. The average Bonchev–Trinajstić information content (AvgIpc) is 2.69. The number of primary amides is 1. The highest BCUT2D eigenvalue weighted by Gasteiger charge is 2.27. The van der Waals surface area contributed by atoms with Gasteiger partial charge in [0.15, 0.2) is 0 Å². The maximum Gasteiger partial charge on any atom is 0.253 e. The van der Waals surface area contributed by atoms with Crippen LogP contribution in [0, 0.1) is 0 Å². The molecule has 2 heterocycles. The third kappa shape index (κ3) is 4.32. The fourth-order valence-corrected chi connectivity index (χ4v) is 3.27. The lowest BCUT2D eigenvalue weighted by molar-refractivity contribution is 0.0500. The molecule has 2 amide bonds. The van der Waals surface area contributed by atoms with Crippen molar-refractivity contribution in [3.8, 4) is 11.3 Å². The lowest BCUT2D eigenvalue weighted by Crippen LogP contribution is -2.53. The summed E-state index contributed by atoms with van der Waals surface area (Å²) >= 11 is 0. The van der Waals surface area contributed by atoms with Gasteiger partial charge in [0.25, 0.3) is 5.91 Å². The SMILES string of the molecule is CN1CCN(C(=O)c2ccc(-c3ccc(C(N)=O)cn3)cc2)CC1CCO. The van der Waals surface area contributed by atoms with Crippen LogP contribution in [0.4, 0.5) is 0 Å². The van der Waals surface area contributed by atoms with Crippen LogP contribution in [0.25, 0.3) is 11.3 Å². The zero-order valence-electron chi connectivity index (χ0n) is 15.3. The van der Waals surface area contributed by atoms with Gasteiger partial charge in [-0.15, -0.1) is 0 Å². The summed E-state index contributed by atoms with van der Waals surface area (Å²) in [4.78, 5) is 32.2. The first kappa shape index (κ1) is 19.0. The standard InChI is InChI=1S/C20H24N4O3/c1-23-9-10-24(13-17(23)8-11-25)20(27)15-4-2-14(3-5-15)18-7-6-16(12-22-18)19(21)26/h2-7,12,17,25H,8-11,13H2,1H3,(H2,21,26). The molecule has 1 fully saturated rings. The Morgan fingerprint density at radius 2 is 1.85 bits per heavy atom. The van der Waals surface area contributed by atoms with Crippen molar-refractivity contribution in [2.24, 2.45) is 5.73 Å². The van der Waals surface area contributed by atoms with Crippen molar-refractivity contribution < 1.29 is 14.7 Å². The number of benzene rings is 1. The first-order chi connectivity index (χ1) is 13.0. The molecule has 1 unspecified atom stereocenters. The van der Waals surface area contributed by atoms with E-state index in [1.165, 1.54) is 6.20 Å². The quantitative estimate of drug-likeness (QED) is 0.820. The van der Waals surface area contributed by atoms with Crippen LogP contribution in [-0.2, 0) is 0 Å². The third-order valence-electron chi connectivity index (χ3n) is 5.00. The highest BCUT2D eigenvalue weighted by molar-refractivity contribution is 5.95. The molecule has 0 spiro atoms. The molecule has 0 aliphatic carbocycles. The number of carbonyl (C=O) groups excluding carboxylic acids is 2. The molecule has 1 aromatic carbocycles. The summed E-state index contributed by atoms with van der Waals surface area (Å²) in [6.07, 6.45) is 2.11. The fraction of sp³-hybridized carbons (Fsp3) is 0.350. The van der Waals surface area contributed by atoms with Gasteiger partial charge in [-0.05, 0) is 37.7 Å². The summed E-state index contributed by atoms with van der Waals surface area (Å²) in [7, 11) is 2.02. The van der Waals surface area contributed by atoms with Gasteiger partial charge in [-0.25, -0.2) is 0 Å². The lowest BCUT2D eigenvalue weighted by atomic mass is 10.1. The Morgan fingerprint density at radius 1 is 1.15 bits per heavy atom. The number of rotatable bonds is 5. The minimum absolute atomic E-state index is 0.00498. The third-order valence-corrected chi connectivity index (χ3v) is 5.00. The topological polar surface area (TPSA) is 99.8 Å². The Balaban J connectivity index is 1.71. The minimum Gasteiger partial charge on any atom is -0.396 e. The Hall–Kier alpha value is -2.77. The average molecular weight is 368 g/mol. The first-order valence-electron chi connectivity index (χ1n) is 8.96. The molecule has 27 heavy (non-hydrogen) atoms. The summed E-state index contributed by atoms with van der Waals surface area (Å²) < 4.78 is 0. The molecule has 0 bridgehead atoms. The van der Waals surface area contributed by atoms with Crippen molar-refractivity contribution in [1.82, 2.24) is 14.8 Å². The van der Waals surface area contributed by atoms with Crippen LogP contribution in [0.15, 0.2) is 42.6 Å². The molecule has 7 heteroatoms. The number of pyridine rings is 1. The number of aromatic nitrogens is 1. The molecule has 1 aliphatic rings. The molecule has 1 aliphatic heterocycles. The number of nitrogens with two attached hydrogens (primary N) is 1. The second-order valence-electron chi connectivity index (χ2n) is 6.77. The highest BCUT2D eigenvalue weighted by atomic mass is 16.3. The molecule has 7 nitrogen and oxygen atoms in total. The molecule has 1 saturated heterocycles. The molecule has 142 valence electrons. The molecular weight excluding hydrogens is 344 g/mol. The fourth-order valence-electron chi connectivity index (χ4n) is 3.27. The smallest absolute Gasteiger partial charge is 0.253 e. The predicted octanol–water partition coefficient (Wildman–Crippen LogP) is 0.986. The van der Waals surface area contributed by atoms with E-state index in [4.69, 9.17) is 5.73 Å². The number of aliphatic hydroxyl groups is 1. The number of hydrogen-bond donors (Lipinski definition) is 2. The van der Waals surface area contributed by atoms with E-state index >= 15 is 0 Å². The van der Waals surface area contributed by atoms with E-state index in [1.54, 1.807) is 24.3 Å². The van der Waals surface area contributed by atoms with E-state index in [2.05, 4.69) is 9.88 Å². The number of carbonyl (C=O) groups is 2. The summed E-state index contributed by atoms with van der Waals surface area (Å²) in [6.45, 7) is 2.21. The van der Waals surface area contributed by atoms with Gasteiger partial charge in [-0.3, -0.25) is 19.5 Å². The van der Waals surface area contributed by atoms with E-state index in [-0.39, 0.29) is 18.6 Å². The van der Waals surface area contributed by atoms with Crippen LogP contribution in [0.3, 0.4) is 0 Å². The molecule has 2 aromatic rings. The monoisotopic (exact) mass is 368 g/mol. The molecule has 3 N–H and O–H groups in total. The number of hydrogen-bond acceptors (Lipinski definition) is 5. The van der Waals surface area contributed by atoms with Crippen molar-refractivity contribution in [2.45, 2.75) is 12.5 Å². The zero-order chi connectivity index (χ0) is 19.4. The Labute approximate surface area is 158 Å². The van der Waals surface area contributed by atoms with Gasteiger partial charge in [0.2, 0.25) is 5.91 Å². The van der Waals surface area contributed by atoms with Gasteiger partial charge in [-0.2, -0.15) is 0 Å². The van der Waals surface area contributed by atoms with E-state index in [9.17, 15) is 14.7 Å². The largest absolute Gasteiger partial charge is 0.396 e. The summed E-state index contributed by atoms with van der Waals surface area (Å²) in [5.41, 5.74) is 7.78. The van der Waals surface area contributed by atoms with Gasteiger partial charge in [0.05, 0.1) is 11.3 Å². The molecule has 3 rings (SSSR count). The molecular formula is C20H24N4O3. The molecule has 0 saturated carbocycles. The van der Waals surface area contributed by atoms with Crippen molar-refractivity contribution >= 4 is 11.8 Å². The van der Waals surface area contributed by atoms with E-state index < -0.39 is 5.91 Å².